The van der Waals surface area contributed by atoms with E-state index in [1.54, 1.807) is 0 Å². The largest absolute Gasteiger partial charge is 0.317 e. The minimum absolute atomic E-state index is 1.03. The van der Waals surface area contributed by atoms with E-state index in [4.69, 9.17) is 0 Å². The van der Waals surface area contributed by atoms with Crippen LogP contribution in [0.5, 0.6) is 0 Å². The van der Waals surface area contributed by atoms with Crippen LogP contribution >= 0.6 is 0 Å². The molecule has 84 valence electrons. The zero-order chi connectivity index (χ0) is 10.8. The lowest BCUT2D eigenvalue weighted by Gasteiger charge is -2.16. The van der Waals surface area contributed by atoms with Crippen LogP contribution in [0.25, 0.3) is 0 Å². The highest BCUT2D eigenvalue weighted by Crippen LogP contribution is 1.96. The lowest BCUT2D eigenvalue weighted by atomic mass is 10.2. The summed E-state index contributed by atoms with van der Waals surface area (Å²) in [5.74, 6) is 0. The summed E-state index contributed by atoms with van der Waals surface area (Å²) in [5, 5.41) is 3.41. The van der Waals surface area contributed by atoms with E-state index in [-0.39, 0.29) is 0 Å². The van der Waals surface area contributed by atoms with Gasteiger partial charge in [-0.2, -0.15) is 0 Å². The molecule has 0 atom stereocenters. The van der Waals surface area contributed by atoms with E-state index in [1.807, 2.05) is 0 Å². The zero-order valence-corrected chi connectivity index (χ0v) is 10.1. The van der Waals surface area contributed by atoms with Gasteiger partial charge in [-0.25, -0.2) is 0 Å². The normalized spacial score (nSPS) is 10.9. The predicted molar refractivity (Wildman–Crippen MR) is 64.7 cm³/mol. The van der Waals surface area contributed by atoms with Crippen LogP contribution in [0.4, 0.5) is 0 Å². The Morgan fingerprint density at radius 2 is 2.00 bits per heavy atom. The molecule has 0 aromatic rings. The number of unbranched alkanes of at least 4 members (excludes halogenated alkanes) is 1. The third-order valence-corrected chi connectivity index (χ3v) is 2.11. The van der Waals surface area contributed by atoms with Crippen molar-refractivity contribution in [1.82, 2.24) is 10.2 Å². The summed E-state index contributed by atoms with van der Waals surface area (Å²) in [7, 11) is 2.16. The van der Waals surface area contributed by atoms with Crippen LogP contribution in [-0.2, 0) is 0 Å². The SMILES string of the molecule is C=C(C)CN(C)CCCCNCCC. The van der Waals surface area contributed by atoms with Gasteiger partial charge < -0.3 is 10.2 Å². The molecule has 0 radical (unpaired) electrons. The molecule has 1 N–H and O–H groups in total. The maximum absolute atomic E-state index is 3.91. The smallest absolute Gasteiger partial charge is 0.0184 e. The van der Waals surface area contributed by atoms with Crippen molar-refractivity contribution in [3.63, 3.8) is 0 Å². The summed E-state index contributed by atoms with van der Waals surface area (Å²) in [5.41, 5.74) is 1.25. The first-order chi connectivity index (χ1) is 6.66. The maximum Gasteiger partial charge on any atom is 0.0184 e. The molecule has 0 saturated carbocycles. The third-order valence-electron chi connectivity index (χ3n) is 2.11. The van der Waals surface area contributed by atoms with Gasteiger partial charge in [0.2, 0.25) is 0 Å². The topological polar surface area (TPSA) is 15.3 Å². The van der Waals surface area contributed by atoms with Gasteiger partial charge in [-0.1, -0.05) is 19.1 Å². The molecule has 0 aliphatic heterocycles. The van der Waals surface area contributed by atoms with Crippen molar-refractivity contribution in [1.29, 1.82) is 0 Å². The Balaban J connectivity index is 3.14. The molecule has 0 aliphatic carbocycles. The second kappa shape index (κ2) is 9.22. The second-order valence-corrected chi connectivity index (χ2v) is 4.15. The fraction of sp³-hybridized carbons (Fsp3) is 0.833. The van der Waals surface area contributed by atoms with Gasteiger partial charge in [0.15, 0.2) is 0 Å². The maximum atomic E-state index is 3.91. The second-order valence-electron chi connectivity index (χ2n) is 4.15. The van der Waals surface area contributed by atoms with Crippen molar-refractivity contribution in [3.8, 4) is 0 Å². The van der Waals surface area contributed by atoms with Crippen LogP contribution in [0, 0.1) is 0 Å². The van der Waals surface area contributed by atoms with Crippen LogP contribution in [0.3, 0.4) is 0 Å². The molecule has 0 saturated heterocycles. The molecule has 0 unspecified atom stereocenters. The van der Waals surface area contributed by atoms with E-state index >= 15 is 0 Å². The van der Waals surface area contributed by atoms with Crippen molar-refractivity contribution in [2.45, 2.75) is 33.1 Å². The Kier molecular flexibility index (Phi) is 9.00. The minimum Gasteiger partial charge on any atom is -0.317 e. The Morgan fingerprint density at radius 3 is 2.57 bits per heavy atom. The average Bonchev–Trinajstić information content (AvgIpc) is 2.10. The monoisotopic (exact) mass is 198 g/mol. The van der Waals surface area contributed by atoms with Crippen LogP contribution in [0.15, 0.2) is 12.2 Å². The van der Waals surface area contributed by atoms with Gasteiger partial charge >= 0.3 is 0 Å². The van der Waals surface area contributed by atoms with Gasteiger partial charge in [-0.15, -0.1) is 0 Å². The molecular formula is C12H26N2. The number of nitrogens with zero attached hydrogens (tertiary/aromatic N) is 1. The van der Waals surface area contributed by atoms with Gasteiger partial charge in [0.1, 0.15) is 0 Å². The molecule has 0 amide bonds. The number of rotatable bonds is 9. The zero-order valence-electron chi connectivity index (χ0n) is 10.1. The van der Waals surface area contributed by atoms with Crippen molar-refractivity contribution >= 4 is 0 Å². The fourth-order valence-corrected chi connectivity index (χ4v) is 1.47. The van der Waals surface area contributed by atoms with Gasteiger partial charge in [-0.05, 0) is 52.9 Å². The molecule has 2 heteroatoms. The van der Waals surface area contributed by atoms with Crippen LogP contribution in [-0.4, -0.2) is 38.1 Å². The standard InChI is InChI=1S/C12H26N2/c1-5-8-13-9-6-7-10-14(4)11-12(2)3/h13H,2,5-11H2,1,3-4H3. The minimum atomic E-state index is 1.03. The molecule has 0 aliphatic rings. The number of hydrogen-bond acceptors (Lipinski definition) is 2. The van der Waals surface area contributed by atoms with Crippen molar-refractivity contribution in [2.24, 2.45) is 0 Å². The summed E-state index contributed by atoms with van der Waals surface area (Å²) < 4.78 is 0. The van der Waals surface area contributed by atoms with E-state index in [9.17, 15) is 0 Å². The van der Waals surface area contributed by atoms with Crippen LogP contribution in [0.1, 0.15) is 33.1 Å². The number of likely N-dealkylation sites (N-methyl/N-ethyl adjacent to an activating group) is 1. The van der Waals surface area contributed by atoms with E-state index in [0.29, 0.717) is 0 Å². The van der Waals surface area contributed by atoms with Gasteiger partial charge in [0.05, 0.1) is 0 Å². The lowest BCUT2D eigenvalue weighted by Crippen LogP contribution is -2.23. The highest BCUT2D eigenvalue weighted by atomic mass is 15.1. The molecule has 0 bridgehead atoms. The van der Waals surface area contributed by atoms with E-state index < -0.39 is 0 Å². The molecule has 2 nitrogen and oxygen atoms in total. The Bertz CT molecular complexity index is 143. The number of nitrogens with one attached hydrogen (secondary N) is 1. The Labute approximate surface area is 89.4 Å². The van der Waals surface area contributed by atoms with Crippen molar-refractivity contribution in [2.75, 3.05) is 33.2 Å². The van der Waals surface area contributed by atoms with Crippen molar-refractivity contribution < 1.29 is 0 Å². The lowest BCUT2D eigenvalue weighted by molar-refractivity contribution is 0.351. The van der Waals surface area contributed by atoms with E-state index in [2.05, 4.69) is 37.7 Å². The summed E-state index contributed by atoms with van der Waals surface area (Å²) in [6, 6.07) is 0. The molecule has 0 heterocycles. The molecule has 0 aromatic heterocycles. The first-order valence-electron chi connectivity index (χ1n) is 5.70. The molecular weight excluding hydrogens is 172 g/mol. The van der Waals surface area contributed by atoms with Gasteiger partial charge in [0.25, 0.3) is 0 Å². The van der Waals surface area contributed by atoms with Crippen LogP contribution in [0.2, 0.25) is 0 Å². The average molecular weight is 198 g/mol. The number of hydrogen-bond donors (Lipinski definition) is 1. The van der Waals surface area contributed by atoms with E-state index in [1.165, 1.54) is 31.4 Å². The molecule has 0 spiro atoms. The fourth-order valence-electron chi connectivity index (χ4n) is 1.47. The quantitative estimate of drug-likeness (QED) is 0.452. The Hall–Kier alpha value is -0.340. The van der Waals surface area contributed by atoms with Gasteiger partial charge in [0, 0.05) is 6.54 Å². The molecule has 14 heavy (non-hydrogen) atoms. The summed E-state index contributed by atoms with van der Waals surface area (Å²) in [4.78, 5) is 2.34. The molecule has 0 fully saturated rings. The van der Waals surface area contributed by atoms with Crippen molar-refractivity contribution in [3.05, 3.63) is 12.2 Å². The summed E-state index contributed by atoms with van der Waals surface area (Å²) >= 11 is 0. The third kappa shape index (κ3) is 9.75. The summed E-state index contributed by atoms with van der Waals surface area (Å²) in [6.45, 7) is 12.7. The first-order valence-corrected chi connectivity index (χ1v) is 5.70. The predicted octanol–water partition coefficient (Wildman–Crippen LogP) is 2.27. The van der Waals surface area contributed by atoms with E-state index in [0.717, 1.165) is 19.6 Å². The Morgan fingerprint density at radius 1 is 1.29 bits per heavy atom. The highest BCUT2D eigenvalue weighted by Gasteiger charge is 1.97. The summed E-state index contributed by atoms with van der Waals surface area (Å²) in [6.07, 6.45) is 3.79. The first kappa shape index (κ1) is 13.7. The highest BCUT2D eigenvalue weighted by molar-refractivity contribution is 4.90. The van der Waals surface area contributed by atoms with Gasteiger partial charge in [-0.3, -0.25) is 0 Å². The molecule has 0 rings (SSSR count). The van der Waals surface area contributed by atoms with Crippen LogP contribution < -0.4 is 5.32 Å². The molecule has 0 aromatic carbocycles.